The first-order valence-corrected chi connectivity index (χ1v) is 10.5. The van der Waals surface area contributed by atoms with Gasteiger partial charge in [0.2, 0.25) is 5.91 Å². The molecule has 0 radical (unpaired) electrons. The molecule has 0 spiro atoms. The second-order valence-electron chi connectivity index (χ2n) is 5.97. The van der Waals surface area contributed by atoms with E-state index in [1.807, 2.05) is 18.5 Å². The minimum absolute atomic E-state index is 0.0801. The number of hydrogen-bond donors (Lipinski definition) is 1. The molecule has 1 fully saturated rings. The van der Waals surface area contributed by atoms with Gasteiger partial charge in [-0.2, -0.15) is 0 Å². The zero-order valence-corrected chi connectivity index (χ0v) is 15.8. The van der Waals surface area contributed by atoms with Gasteiger partial charge in [0.25, 0.3) is 0 Å². The maximum absolute atomic E-state index is 12.0. The summed E-state index contributed by atoms with van der Waals surface area (Å²) in [6, 6.07) is 0. The summed E-state index contributed by atoms with van der Waals surface area (Å²) in [4.78, 5) is 12.0. The Balaban J connectivity index is 1.91. The summed E-state index contributed by atoms with van der Waals surface area (Å²) < 4.78 is 29.8. The number of nitrogens with one attached hydrogen (secondary N) is 1. The highest BCUT2D eigenvalue weighted by Crippen LogP contribution is 2.25. The third-order valence-electron chi connectivity index (χ3n) is 3.98. The van der Waals surface area contributed by atoms with Crippen LogP contribution in [0.3, 0.4) is 0 Å². The molecule has 136 valence electrons. The van der Waals surface area contributed by atoms with Gasteiger partial charge in [0.1, 0.15) is 5.82 Å². The van der Waals surface area contributed by atoms with Crippen molar-refractivity contribution < 1.29 is 17.9 Å². The van der Waals surface area contributed by atoms with Crippen LogP contribution in [0, 0.1) is 5.92 Å². The molecule has 1 saturated heterocycles. The number of hydrogen-bond acceptors (Lipinski definition) is 7. The Kier molecular flexibility index (Phi) is 6.64. The van der Waals surface area contributed by atoms with Gasteiger partial charge in [-0.1, -0.05) is 11.8 Å². The first-order chi connectivity index (χ1) is 11.3. The van der Waals surface area contributed by atoms with E-state index < -0.39 is 9.84 Å². The van der Waals surface area contributed by atoms with E-state index in [4.69, 9.17) is 4.74 Å². The molecule has 0 unspecified atom stereocenters. The number of ether oxygens (including phenoxy) is 1. The maximum Gasteiger partial charge on any atom is 0.233 e. The lowest BCUT2D eigenvalue weighted by Crippen LogP contribution is -2.33. The highest BCUT2D eigenvalue weighted by Gasteiger charge is 2.29. The van der Waals surface area contributed by atoms with E-state index in [1.165, 1.54) is 11.8 Å². The molecule has 24 heavy (non-hydrogen) atoms. The van der Waals surface area contributed by atoms with Gasteiger partial charge in [-0.05, 0) is 19.3 Å². The zero-order chi connectivity index (χ0) is 17.7. The van der Waals surface area contributed by atoms with Crippen molar-refractivity contribution in [3.8, 4) is 0 Å². The predicted molar refractivity (Wildman–Crippen MR) is 91.7 cm³/mol. The molecule has 0 saturated carbocycles. The molecule has 1 aliphatic rings. The number of aromatic nitrogens is 3. The van der Waals surface area contributed by atoms with Crippen molar-refractivity contribution in [3.05, 3.63) is 5.82 Å². The Morgan fingerprint density at radius 1 is 1.50 bits per heavy atom. The molecule has 10 heteroatoms. The number of rotatable bonds is 8. The van der Waals surface area contributed by atoms with Crippen LogP contribution < -0.4 is 5.32 Å². The van der Waals surface area contributed by atoms with Gasteiger partial charge < -0.3 is 14.6 Å². The van der Waals surface area contributed by atoms with Gasteiger partial charge in [0, 0.05) is 27.1 Å². The Morgan fingerprint density at radius 3 is 2.88 bits per heavy atom. The summed E-state index contributed by atoms with van der Waals surface area (Å²) in [5.41, 5.74) is 0. The first kappa shape index (κ1) is 19.2. The summed E-state index contributed by atoms with van der Waals surface area (Å²) in [6.07, 6.45) is 1.27. The molecule has 2 atom stereocenters. The molecule has 1 aromatic rings. The van der Waals surface area contributed by atoms with Crippen molar-refractivity contribution in [2.24, 2.45) is 13.0 Å². The second kappa shape index (κ2) is 8.30. The number of methoxy groups -OCH3 is 1. The normalized spacial score (nSPS) is 20.9. The summed E-state index contributed by atoms with van der Waals surface area (Å²) in [5.74, 6) is 1.26. The Labute approximate surface area is 146 Å². The molecule has 2 heterocycles. The third kappa shape index (κ3) is 5.18. The number of carbonyl (C=O) groups excluding carboxylic acids is 1. The fourth-order valence-corrected chi connectivity index (χ4v) is 5.27. The highest BCUT2D eigenvalue weighted by atomic mass is 32.2. The fraction of sp³-hybridized carbons (Fsp3) is 0.786. The van der Waals surface area contributed by atoms with Crippen LogP contribution in [-0.2, 0) is 32.8 Å². The van der Waals surface area contributed by atoms with Crippen LogP contribution in [0.15, 0.2) is 5.16 Å². The zero-order valence-electron chi connectivity index (χ0n) is 14.2. The molecule has 0 aromatic carbocycles. The Morgan fingerprint density at radius 2 is 2.25 bits per heavy atom. The van der Waals surface area contributed by atoms with Crippen LogP contribution in [0.4, 0.5) is 0 Å². The van der Waals surface area contributed by atoms with Gasteiger partial charge in [0.05, 0.1) is 23.4 Å². The smallest absolute Gasteiger partial charge is 0.233 e. The molecular weight excluding hydrogens is 352 g/mol. The summed E-state index contributed by atoms with van der Waals surface area (Å²) in [6.45, 7) is 2.76. The molecule has 1 aromatic heterocycles. The van der Waals surface area contributed by atoms with Crippen molar-refractivity contribution in [3.63, 3.8) is 0 Å². The molecule has 1 amide bonds. The van der Waals surface area contributed by atoms with Crippen molar-refractivity contribution in [2.45, 2.75) is 30.2 Å². The molecular formula is C14H24N4O4S2. The van der Waals surface area contributed by atoms with Crippen LogP contribution in [0.2, 0.25) is 0 Å². The number of thioether (sulfide) groups is 1. The average molecular weight is 377 g/mol. The van der Waals surface area contributed by atoms with E-state index in [0.29, 0.717) is 31.1 Å². The van der Waals surface area contributed by atoms with Crippen molar-refractivity contribution in [1.29, 1.82) is 0 Å². The van der Waals surface area contributed by atoms with Crippen LogP contribution in [0.5, 0.6) is 0 Å². The van der Waals surface area contributed by atoms with E-state index in [9.17, 15) is 13.2 Å². The standard InChI is InChI=1S/C14H24N4O4S2/c1-10(13(19)15-5-6-22-3)23-14-17-16-12(18(14)2)8-11-4-7-24(20,21)9-11/h10-11H,4-9H2,1-3H3,(H,15,19)/t10-,11-/m0/s1. The van der Waals surface area contributed by atoms with Crippen LogP contribution in [0.25, 0.3) is 0 Å². The summed E-state index contributed by atoms with van der Waals surface area (Å²) >= 11 is 1.33. The quantitative estimate of drug-likeness (QED) is 0.504. The summed E-state index contributed by atoms with van der Waals surface area (Å²) in [7, 11) is 0.539. The average Bonchev–Trinajstić information content (AvgIpc) is 3.03. The van der Waals surface area contributed by atoms with Gasteiger partial charge >= 0.3 is 0 Å². The monoisotopic (exact) mass is 376 g/mol. The largest absolute Gasteiger partial charge is 0.383 e. The van der Waals surface area contributed by atoms with Crippen molar-refractivity contribution >= 4 is 27.5 Å². The topological polar surface area (TPSA) is 103 Å². The second-order valence-corrected chi connectivity index (χ2v) is 9.51. The Hall–Kier alpha value is -1.13. The molecule has 0 aliphatic carbocycles. The maximum atomic E-state index is 12.0. The Bertz CT molecular complexity index is 674. The minimum atomic E-state index is -2.89. The van der Waals surface area contributed by atoms with Crippen LogP contribution in [-0.4, -0.2) is 66.1 Å². The minimum Gasteiger partial charge on any atom is -0.383 e. The van der Waals surface area contributed by atoms with Crippen molar-refractivity contribution in [1.82, 2.24) is 20.1 Å². The lowest BCUT2D eigenvalue weighted by molar-refractivity contribution is -0.120. The SMILES string of the molecule is COCCNC(=O)[C@H](C)Sc1nnc(C[C@@H]2CCS(=O)(=O)C2)n1C. The fourth-order valence-electron chi connectivity index (χ4n) is 2.55. The van der Waals surface area contributed by atoms with E-state index >= 15 is 0 Å². The van der Waals surface area contributed by atoms with Gasteiger partial charge in [0.15, 0.2) is 15.0 Å². The van der Waals surface area contributed by atoms with Crippen LogP contribution in [0.1, 0.15) is 19.2 Å². The van der Waals surface area contributed by atoms with E-state index in [0.717, 1.165) is 5.82 Å². The van der Waals surface area contributed by atoms with Gasteiger partial charge in [-0.3, -0.25) is 4.79 Å². The predicted octanol–water partition coefficient (Wildman–Crippen LogP) is 0.0355. The molecule has 1 aliphatic heterocycles. The van der Waals surface area contributed by atoms with Crippen LogP contribution >= 0.6 is 11.8 Å². The van der Waals surface area contributed by atoms with Crippen molar-refractivity contribution in [2.75, 3.05) is 31.8 Å². The first-order valence-electron chi connectivity index (χ1n) is 7.84. The molecule has 2 rings (SSSR count). The van der Waals surface area contributed by atoms with E-state index in [2.05, 4.69) is 15.5 Å². The highest BCUT2D eigenvalue weighted by molar-refractivity contribution is 8.00. The van der Waals surface area contributed by atoms with E-state index in [1.54, 1.807) is 7.11 Å². The lowest BCUT2D eigenvalue weighted by atomic mass is 10.1. The number of nitrogens with zero attached hydrogens (tertiary/aromatic N) is 3. The number of amides is 1. The number of carbonyl (C=O) groups is 1. The third-order valence-corrected chi connectivity index (χ3v) is 6.95. The lowest BCUT2D eigenvalue weighted by Gasteiger charge is -2.12. The molecule has 1 N–H and O–H groups in total. The van der Waals surface area contributed by atoms with Gasteiger partial charge in [-0.25, -0.2) is 8.42 Å². The molecule has 8 nitrogen and oxygen atoms in total. The number of sulfone groups is 1. The van der Waals surface area contributed by atoms with Gasteiger partial charge in [-0.15, -0.1) is 10.2 Å². The van der Waals surface area contributed by atoms with E-state index in [-0.39, 0.29) is 28.6 Å². The summed E-state index contributed by atoms with van der Waals surface area (Å²) in [5, 5.41) is 11.4. The molecule has 0 bridgehead atoms.